The molecular weight excluding hydrogens is 392 g/mol. The van der Waals surface area contributed by atoms with Gasteiger partial charge in [-0.25, -0.2) is 18.1 Å². The summed E-state index contributed by atoms with van der Waals surface area (Å²) >= 11 is 0. The number of aromatic nitrogens is 3. The van der Waals surface area contributed by atoms with Crippen LogP contribution >= 0.6 is 0 Å². The maximum atomic E-state index is 12.6. The molecule has 2 aliphatic heterocycles. The lowest BCUT2D eigenvalue weighted by atomic mass is 9.93. The van der Waals surface area contributed by atoms with Crippen molar-refractivity contribution >= 4 is 21.6 Å². The van der Waals surface area contributed by atoms with Crippen molar-refractivity contribution in [2.45, 2.75) is 50.7 Å². The minimum absolute atomic E-state index is 0.0959. The summed E-state index contributed by atoms with van der Waals surface area (Å²) in [7, 11) is -3.52. The quantitative estimate of drug-likeness (QED) is 0.774. The number of hydrogen-bond acceptors (Lipinski definition) is 6. The summed E-state index contributed by atoms with van der Waals surface area (Å²) < 4.78 is 29.6. The number of rotatable bonds is 4. The molecule has 2 N–H and O–H groups in total. The van der Waals surface area contributed by atoms with E-state index in [9.17, 15) is 13.2 Å². The van der Waals surface area contributed by atoms with E-state index in [4.69, 9.17) is 0 Å². The standard InChI is InChI=1S/C19H26N6O3S/c1-13-20-14(2)25(22-13)12-9-18(26)24-10-7-15(8-11-24)19-21-16-5-3-4-6-17(16)29(27,28)23-19/h3-6,15,19,21,23H,7-12H2,1-2H3. The van der Waals surface area contributed by atoms with Crippen LogP contribution in [0.5, 0.6) is 0 Å². The van der Waals surface area contributed by atoms with Gasteiger partial charge in [-0.15, -0.1) is 0 Å². The lowest BCUT2D eigenvalue weighted by Gasteiger charge is -2.39. The van der Waals surface area contributed by atoms with Crippen LogP contribution in [0.2, 0.25) is 0 Å². The Morgan fingerprint density at radius 2 is 1.93 bits per heavy atom. The van der Waals surface area contributed by atoms with Crippen molar-refractivity contribution in [3.63, 3.8) is 0 Å². The molecule has 0 radical (unpaired) electrons. The molecule has 0 saturated carbocycles. The van der Waals surface area contributed by atoms with Crippen molar-refractivity contribution in [1.29, 1.82) is 0 Å². The van der Waals surface area contributed by atoms with Crippen molar-refractivity contribution in [3.05, 3.63) is 35.9 Å². The summed E-state index contributed by atoms with van der Waals surface area (Å²) in [6, 6.07) is 6.92. The van der Waals surface area contributed by atoms with E-state index in [1.54, 1.807) is 22.9 Å². The molecule has 1 atom stereocenters. The molecule has 1 aromatic carbocycles. The fraction of sp³-hybridized carbons (Fsp3) is 0.526. The molecule has 0 spiro atoms. The molecule has 1 amide bonds. The smallest absolute Gasteiger partial charge is 0.244 e. The Hall–Kier alpha value is -2.46. The number of piperidine rings is 1. The van der Waals surface area contributed by atoms with E-state index in [1.165, 1.54) is 0 Å². The predicted octanol–water partition coefficient (Wildman–Crippen LogP) is 1.25. The number of aryl methyl sites for hydroxylation is 3. The number of likely N-dealkylation sites (tertiary alicyclic amines) is 1. The van der Waals surface area contributed by atoms with Crippen LogP contribution in [-0.4, -0.2) is 53.2 Å². The fourth-order valence-corrected chi connectivity index (χ4v) is 5.46. The second-order valence-electron chi connectivity index (χ2n) is 7.64. The van der Waals surface area contributed by atoms with Gasteiger partial charge in [-0.1, -0.05) is 12.1 Å². The van der Waals surface area contributed by atoms with Crippen molar-refractivity contribution in [2.24, 2.45) is 5.92 Å². The summed E-state index contributed by atoms with van der Waals surface area (Å²) in [4.78, 5) is 19.0. The highest BCUT2D eigenvalue weighted by molar-refractivity contribution is 7.89. The van der Waals surface area contributed by atoms with Crippen molar-refractivity contribution in [3.8, 4) is 0 Å². The van der Waals surface area contributed by atoms with Crippen LogP contribution in [0.4, 0.5) is 5.69 Å². The van der Waals surface area contributed by atoms with Crippen molar-refractivity contribution in [2.75, 3.05) is 18.4 Å². The van der Waals surface area contributed by atoms with Gasteiger partial charge >= 0.3 is 0 Å². The molecule has 29 heavy (non-hydrogen) atoms. The number of nitrogens with zero attached hydrogens (tertiary/aromatic N) is 4. The second kappa shape index (κ2) is 7.75. The van der Waals surface area contributed by atoms with Gasteiger partial charge in [0.05, 0.1) is 18.4 Å². The third-order valence-electron chi connectivity index (χ3n) is 5.63. The van der Waals surface area contributed by atoms with Crippen LogP contribution in [0.3, 0.4) is 0 Å². The average molecular weight is 419 g/mol. The molecule has 2 aliphatic rings. The Bertz CT molecular complexity index is 1010. The Kier molecular flexibility index (Phi) is 5.30. The zero-order chi connectivity index (χ0) is 20.6. The van der Waals surface area contributed by atoms with E-state index in [1.807, 2.05) is 24.8 Å². The molecule has 1 unspecified atom stereocenters. The highest BCUT2D eigenvalue weighted by Gasteiger charge is 2.35. The van der Waals surface area contributed by atoms with Gasteiger partial charge in [0.2, 0.25) is 15.9 Å². The Morgan fingerprint density at radius 3 is 2.62 bits per heavy atom. The zero-order valence-corrected chi connectivity index (χ0v) is 17.4. The number of sulfonamides is 1. The molecule has 1 aromatic heterocycles. The molecule has 4 rings (SSSR count). The van der Waals surface area contributed by atoms with Gasteiger partial charge in [0.1, 0.15) is 16.5 Å². The maximum absolute atomic E-state index is 12.6. The molecule has 1 saturated heterocycles. The van der Waals surface area contributed by atoms with Crippen LogP contribution in [0.25, 0.3) is 0 Å². The minimum Gasteiger partial charge on any atom is -0.368 e. The molecule has 1 fully saturated rings. The van der Waals surface area contributed by atoms with Crippen LogP contribution in [-0.2, 0) is 21.4 Å². The third-order valence-corrected chi connectivity index (χ3v) is 7.13. The van der Waals surface area contributed by atoms with Crippen LogP contribution in [0, 0.1) is 19.8 Å². The highest BCUT2D eigenvalue weighted by atomic mass is 32.2. The first kappa shape index (κ1) is 19.8. The van der Waals surface area contributed by atoms with E-state index < -0.39 is 10.0 Å². The number of carbonyl (C=O) groups excluding carboxylic acids is 1. The molecule has 10 heteroatoms. The summed E-state index contributed by atoms with van der Waals surface area (Å²) in [6.07, 6.45) is 1.52. The topological polar surface area (TPSA) is 109 Å². The minimum atomic E-state index is -3.52. The number of benzene rings is 1. The van der Waals surface area contributed by atoms with Gasteiger partial charge < -0.3 is 10.2 Å². The van der Waals surface area contributed by atoms with Gasteiger partial charge in [-0.2, -0.15) is 9.82 Å². The van der Waals surface area contributed by atoms with E-state index in [0.717, 1.165) is 18.7 Å². The SMILES string of the molecule is Cc1nc(C)n(CCC(=O)N2CCC(C3Nc4ccccc4S(=O)(=O)N3)CC2)n1. The summed E-state index contributed by atoms with van der Waals surface area (Å²) in [5.74, 6) is 1.74. The largest absolute Gasteiger partial charge is 0.368 e. The van der Waals surface area contributed by atoms with Crippen LogP contribution < -0.4 is 10.0 Å². The summed E-state index contributed by atoms with van der Waals surface area (Å²) in [6.45, 7) is 5.49. The van der Waals surface area contributed by atoms with Gasteiger partial charge in [0.25, 0.3) is 0 Å². The van der Waals surface area contributed by atoms with E-state index >= 15 is 0 Å². The average Bonchev–Trinajstić information content (AvgIpc) is 3.03. The molecule has 9 nitrogen and oxygen atoms in total. The number of amides is 1. The van der Waals surface area contributed by atoms with Gasteiger partial charge in [-0.05, 0) is 44.7 Å². The van der Waals surface area contributed by atoms with Crippen LogP contribution in [0.1, 0.15) is 30.9 Å². The lowest BCUT2D eigenvalue weighted by molar-refractivity contribution is -0.133. The number of hydrogen-bond donors (Lipinski definition) is 2. The molecule has 0 bridgehead atoms. The fourth-order valence-electron chi connectivity index (χ4n) is 4.08. The lowest BCUT2D eigenvalue weighted by Crippen LogP contribution is -2.52. The first-order valence-corrected chi connectivity index (χ1v) is 11.4. The number of carbonyl (C=O) groups is 1. The van der Waals surface area contributed by atoms with Gasteiger partial charge in [0.15, 0.2) is 0 Å². The van der Waals surface area contributed by atoms with Crippen molar-refractivity contribution in [1.82, 2.24) is 24.4 Å². The molecule has 156 valence electrons. The van der Waals surface area contributed by atoms with Gasteiger partial charge in [0, 0.05) is 19.5 Å². The summed E-state index contributed by atoms with van der Waals surface area (Å²) in [5, 5.41) is 7.60. The Labute approximate surface area is 170 Å². The molecular formula is C19H26N6O3S. The molecule has 0 aliphatic carbocycles. The maximum Gasteiger partial charge on any atom is 0.244 e. The van der Waals surface area contributed by atoms with E-state index in [2.05, 4.69) is 20.1 Å². The van der Waals surface area contributed by atoms with Gasteiger partial charge in [-0.3, -0.25) is 4.79 Å². The van der Waals surface area contributed by atoms with E-state index in [0.29, 0.717) is 37.6 Å². The number of anilines is 1. The number of nitrogens with one attached hydrogen (secondary N) is 2. The molecule has 3 heterocycles. The zero-order valence-electron chi connectivity index (χ0n) is 16.6. The molecule has 2 aromatic rings. The van der Waals surface area contributed by atoms with Crippen LogP contribution in [0.15, 0.2) is 29.2 Å². The first-order chi connectivity index (χ1) is 13.8. The predicted molar refractivity (Wildman–Crippen MR) is 108 cm³/mol. The second-order valence-corrected chi connectivity index (χ2v) is 9.32. The van der Waals surface area contributed by atoms with Crippen molar-refractivity contribution < 1.29 is 13.2 Å². The van der Waals surface area contributed by atoms with E-state index in [-0.39, 0.29) is 22.9 Å². The number of para-hydroxylation sites is 1. The number of fused-ring (bicyclic) bond motifs is 1. The Morgan fingerprint density at radius 1 is 1.21 bits per heavy atom. The normalized spacial score (nSPS) is 21.4. The monoisotopic (exact) mass is 418 g/mol. The summed E-state index contributed by atoms with van der Waals surface area (Å²) in [5.41, 5.74) is 0.633. The Balaban J connectivity index is 1.33. The first-order valence-electron chi connectivity index (χ1n) is 9.87. The third kappa shape index (κ3) is 4.13. The highest BCUT2D eigenvalue weighted by Crippen LogP contribution is 2.30.